The zero-order valence-electron chi connectivity index (χ0n) is 11.0. The maximum Gasteiger partial charge on any atom is 0.337 e. The fourth-order valence-corrected chi connectivity index (χ4v) is 2.59. The molecule has 0 aliphatic carbocycles. The van der Waals surface area contributed by atoms with Gasteiger partial charge < -0.3 is 10.4 Å². The molecule has 0 aromatic heterocycles. The number of benzene rings is 2. The van der Waals surface area contributed by atoms with Gasteiger partial charge in [0.15, 0.2) is 0 Å². The molecule has 4 nitrogen and oxygen atoms in total. The average Bonchev–Trinajstić information content (AvgIpc) is 2.43. The molecule has 2 rings (SSSR count). The number of rotatable bonds is 3. The van der Waals surface area contributed by atoms with E-state index in [0.717, 1.165) is 5.56 Å². The number of amides is 1. The van der Waals surface area contributed by atoms with Crippen molar-refractivity contribution in [3.8, 4) is 0 Å². The minimum Gasteiger partial charge on any atom is -0.478 e. The number of anilines is 1. The van der Waals surface area contributed by atoms with E-state index in [1.54, 1.807) is 24.3 Å². The lowest BCUT2D eigenvalue weighted by atomic mass is 10.1. The summed E-state index contributed by atoms with van der Waals surface area (Å²) in [7, 11) is 0. The van der Waals surface area contributed by atoms with Crippen molar-refractivity contribution in [2.24, 2.45) is 0 Å². The van der Waals surface area contributed by atoms with Crippen LogP contribution in [0.1, 0.15) is 26.3 Å². The molecule has 0 unspecified atom stereocenters. The van der Waals surface area contributed by atoms with Gasteiger partial charge in [0.2, 0.25) is 0 Å². The van der Waals surface area contributed by atoms with Gasteiger partial charge in [0.05, 0.1) is 16.8 Å². The molecule has 21 heavy (non-hydrogen) atoms. The second-order valence-corrected chi connectivity index (χ2v) is 6.20. The zero-order chi connectivity index (χ0) is 15.6. The first-order valence-corrected chi connectivity index (χ1v) is 7.57. The van der Waals surface area contributed by atoms with E-state index in [0.29, 0.717) is 14.5 Å². The Balaban J connectivity index is 2.36. The van der Waals surface area contributed by atoms with Crippen molar-refractivity contribution in [2.75, 3.05) is 5.32 Å². The Morgan fingerprint density at radius 3 is 2.43 bits per heavy atom. The quantitative estimate of drug-likeness (QED) is 0.781. The maximum atomic E-state index is 12.3. The monoisotopic (exact) mass is 411 g/mol. The maximum absolute atomic E-state index is 12.3. The second kappa shape index (κ2) is 6.41. The van der Waals surface area contributed by atoms with E-state index in [1.807, 2.05) is 13.0 Å². The lowest BCUT2D eigenvalue weighted by Crippen LogP contribution is -2.15. The lowest BCUT2D eigenvalue weighted by Gasteiger charge is -2.10. The molecule has 0 saturated heterocycles. The van der Waals surface area contributed by atoms with Crippen LogP contribution in [0.5, 0.6) is 0 Å². The van der Waals surface area contributed by atoms with Crippen LogP contribution in [-0.2, 0) is 0 Å². The summed E-state index contributed by atoms with van der Waals surface area (Å²) >= 11 is 6.53. The molecular formula is C15H11Br2NO3. The third kappa shape index (κ3) is 3.71. The van der Waals surface area contributed by atoms with Crippen LogP contribution in [0.2, 0.25) is 0 Å². The summed E-state index contributed by atoms with van der Waals surface area (Å²) in [5.41, 5.74) is 1.68. The standard InChI is InChI=1S/C15H11Br2NO3/c1-8-2-4-12(17)10(6-8)14(19)18-13-5-3-9(16)7-11(13)15(20)21/h2-7H,1H3,(H,18,19)(H,20,21). The summed E-state index contributed by atoms with van der Waals surface area (Å²) in [6, 6.07) is 10.1. The minimum absolute atomic E-state index is 0.0292. The van der Waals surface area contributed by atoms with Gasteiger partial charge in [-0.1, -0.05) is 27.6 Å². The lowest BCUT2D eigenvalue weighted by molar-refractivity contribution is 0.0698. The number of hydrogen-bond donors (Lipinski definition) is 2. The fourth-order valence-electron chi connectivity index (χ4n) is 1.81. The van der Waals surface area contributed by atoms with Crippen molar-refractivity contribution in [1.82, 2.24) is 0 Å². The van der Waals surface area contributed by atoms with Crippen molar-refractivity contribution >= 4 is 49.4 Å². The van der Waals surface area contributed by atoms with Crippen molar-refractivity contribution in [3.05, 3.63) is 62.0 Å². The Kier molecular flexibility index (Phi) is 4.80. The van der Waals surface area contributed by atoms with Gasteiger partial charge in [0, 0.05) is 8.95 Å². The molecule has 1 amide bonds. The molecule has 0 atom stereocenters. The molecule has 2 aromatic carbocycles. The Labute approximate surface area is 138 Å². The summed E-state index contributed by atoms with van der Waals surface area (Å²) in [4.78, 5) is 23.5. The smallest absolute Gasteiger partial charge is 0.337 e. The van der Waals surface area contributed by atoms with Crippen molar-refractivity contribution in [1.29, 1.82) is 0 Å². The average molecular weight is 413 g/mol. The number of carboxylic acids is 1. The first-order chi connectivity index (χ1) is 9.88. The Hall–Kier alpha value is -1.66. The molecule has 0 spiro atoms. The van der Waals surface area contributed by atoms with E-state index < -0.39 is 5.97 Å². The summed E-state index contributed by atoms with van der Waals surface area (Å²) < 4.78 is 1.29. The van der Waals surface area contributed by atoms with Crippen LogP contribution < -0.4 is 5.32 Å². The molecule has 0 heterocycles. The van der Waals surface area contributed by atoms with Crippen molar-refractivity contribution < 1.29 is 14.7 Å². The van der Waals surface area contributed by atoms with Gasteiger partial charge in [-0.05, 0) is 53.2 Å². The van der Waals surface area contributed by atoms with Gasteiger partial charge in [-0.15, -0.1) is 0 Å². The van der Waals surface area contributed by atoms with E-state index in [2.05, 4.69) is 37.2 Å². The summed E-state index contributed by atoms with van der Waals surface area (Å²) in [5, 5.41) is 11.8. The Morgan fingerprint density at radius 2 is 1.76 bits per heavy atom. The normalized spacial score (nSPS) is 10.2. The van der Waals surface area contributed by atoms with Gasteiger partial charge in [0.1, 0.15) is 0 Å². The number of carbonyl (C=O) groups is 2. The van der Waals surface area contributed by atoms with Crippen LogP contribution in [0.25, 0.3) is 0 Å². The first-order valence-electron chi connectivity index (χ1n) is 5.99. The van der Waals surface area contributed by atoms with Crippen molar-refractivity contribution in [3.63, 3.8) is 0 Å². The molecule has 2 aromatic rings. The van der Waals surface area contributed by atoms with E-state index in [4.69, 9.17) is 0 Å². The molecule has 0 aliphatic heterocycles. The summed E-state index contributed by atoms with van der Waals surface area (Å²) in [5.74, 6) is -1.47. The van der Waals surface area contributed by atoms with Crippen LogP contribution in [0.3, 0.4) is 0 Å². The highest BCUT2D eigenvalue weighted by Gasteiger charge is 2.15. The molecular weight excluding hydrogens is 402 g/mol. The molecule has 0 fully saturated rings. The molecule has 0 saturated carbocycles. The minimum atomic E-state index is -1.10. The van der Waals surface area contributed by atoms with Gasteiger partial charge in [0.25, 0.3) is 5.91 Å². The van der Waals surface area contributed by atoms with Crippen LogP contribution in [0.15, 0.2) is 45.3 Å². The Morgan fingerprint density at radius 1 is 1.05 bits per heavy atom. The van der Waals surface area contributed by atoms with Gasteiger partial charge in [-0.3, -0.25) is 4.79 Å². The number of hydrogen-bond acceptors (Lipinski definition) is 2. The van der Waals surface area contributed by atoms with Gasteiger partial charge >= 0.3 is 5.97 Å². The predicted molar refractivity (Wildman–Crippen MR) is 87.9 cm³/mol. The fraction of sp³-hybridized carbons (Fsp3) is 0.0667. The number of aromatic carboxylic acids is 1. The van der Waals surface area contributed by atoms with Crippen LogP contribution in [0.4, 0.5) is 5.69 Å². The molecule has 6 heteroatoms. The number of carboxylic acid groups (broad SMARTS) is 1. The van der Waals surface area contributed by atoms with Gasteiger partial charge in [-0.25, -0.2) is 4.79 Å². The molecule has 0 aliphatic rings. The summed E-state index contributed by atoms with van der Waals surface area (Å²) in [6.07, 6.45) is 0. The molecule has 0 bridgehead atoms. The second-order valence-electron chi connectivity index (χ2n) is 4.43. The molecule has 2 N–H and O–H groups in total. The van der Waals surface area contributed by atoms with Crippen LogP contribution >= 0.6 is 31.9 Å². The SMILES string of the molecule is Cc1ccc(Br)c(C(=O)Nc2ccc(Br)cc2C(=O)O)c1. The van der Waals surface area contributed by atoms with E-state index >= 15 is 0 Å². The zero-order valence-corrected chi connectivity index (χ0v) is 14.2. The van der Waals surface area contributed by atoms with Crippen molar-refractivity contribution in [2.45, 2.75) is 6.92 Å². The Bertz CT molecular complexity index is 729. The van der Waals surface area contributed by atoms with Crippen LogP contribution in [0, 0.1) is 6.92 Å². The molecule has 0 radical (unpaired) electrons. The molecule has 108 valence electrons. The number of carbonyl (C=O) groups excluding carboxylic acids is 1. The topological polar surface area (TPSA) is 66.4 Å². The summed E-state index contributed by atoms with van der Waals surface area (Å²) in [6.45, 7) is 1.88. The largest absolute Gasteiger partial charge is 0.478 e. The van der Waals surface area contributed by atoms with E-state index in [9.17, 15) is 14.7 Å². The number of aryl methyl sites for hydroxylation is 1. The predicted octanol–water partition coefficient (Wildman–Crippen LogP) is 4.47. The van der Waals surface area contributed by atoms with Crippen LogP contribution in [-0.4, -0.2) is 17.0 Å². The third-order valence-electron chi connectivity index (χ3n) is 2.83. The van der Waals surface area contributed by atoms with E-state index in [1.165, 1.54) is 6.07 Å². The third-order valence-corrected chi connectivity index (χ3v) is 4.01. The highest BCUT2D eigenvalue weighted by molar-refractivity contribution is 9.10. The number of nitrogens with one attached hydrogen (secondary N) is 1. The first kappa shape index (κ1) is 15.7. The highest BCUT2D eigenvalue weighted by atomic mass is 79.9. The number of halogens is 2. The highest BCUT2D eigenvalue weighted by Crippen LogP contribution is 2.24. The van der Waals surface area contributed by atoms with E-state index in [-0.39, 0.29) is 17.2 Å². The van der Waals surface area contributed by atoms with Gasteiger partial charge in [-0.2, -0.15) is 0 Å².